The molecule has 0 radical (unpaired) electrons. The number of hydrogen-bond acceptors (Lipinski definition) is 2. The van der Waals surface area contributed by atoms with Crippen molar-refractivity contribution < 1.29 is 0 Å². The molecule has 4 aromatic carbocycles. The second-order valence-corrected chi connectivity index (χ2v) is 10.3. The van der Waals surface area contributed by atoms with Crippen LogP contribution in [0.3, 0.4) is 0 Å². The minimum absolute atomic E-state index is 0.119. The highest BCUT2D eigenvalue weighted by molar-refractivity contribution is 9.10. The Balaban J connectivity index is 1.58. The molecule has 6 aromatic rings. The number of aromatic amines is 1. The fraction of sp³-hybridized carbons (Fsp3) is 0.0323. The highest BCUT2D eigenvalue weighted by atomic mass is 79.9. The molecule has 2 heterocycles. The highest BCUT2D eigenvalue weighted by Crippen LogP contribution is 2.32. The molecule has 1 N–H and O–H groups in total. The van der Waals surface area contributed by atoms with Gasteiger partial charge in [-0.3, -0.25) is 9.36 Å². The maximum absolute atomic E-state index is 13.7. The predicted octanol–water partition coefficient (Wildman–Crippen LogP) is 8.43. The highest BCUT2D eigenvalue weighted by Gasteiger charge is 2.14. The van der Waals surface area contributed by atoms with Gasteiger partial charge in [0, 0.05) is 26.0 Å². The number of halogens is 2. The third-order valence-corrected chi connectivity index (χ3v) is 7.17. The van der Waals surface area contributed by atoms with Crippen molar-refractivity contribution in [3.05, 3.63) is 128 Å². The molecule has 6 rings (SSSR count). The number of nitrogens with zero attached hydrogens (tertiary/aromatic N) is 2. The molecule has 2 aromatic heterocycles. The van der Waals surface area contributed by atoms with Gasteiger partial charge in [0.25, 0.3) is 5.56 Å². The molecule has 37 heavy (non-hydrogen) atoms. The number of rotatable bonds is 4. The molecule has 0 aliphatic heterocycles. The molecular formula is C31H21BrClN3O. The molecule has 0 bridgehead atoms. The van der Waals surface area contributed by atoms with Crippen LogP contribution in [0.25, 0.3) is 50.9 Å². The lowest BCUT2D eigenvalue weighted by Gasteiger charge is -2.12. The molecule has 4 nitrogen and oxygen atoms in total. The first-order valence-corrected chi connectivity index (χ1v) is 13.0. The topological polar surface area (TPSA) is 50.7 Å². The summed E-state index contributed by atoms with van der Waals surface area (Å²) in [6.45, 7) is 2.03. The molecule has 180 valence electrons. The van der Waals surface area contributed by atoms with Gasteiger partial charge in [-0.1, -0.05) is 75.6 Å². The Labute approximate surface area is 227 Å². The number of aryl methyl sites for hydroxylation is 1. The molecule has 0 aliphatic carbocycles. The Hall–Kier alpha value is -3.93. The van der Waals surface area contributed by atoms with E-state index in [1.165, 1.54) is 0 Å². The quantitative estimate of drug-likeness (QED) is 0.233. The van der Waals surface area contributed by atoms with E-state index in [0.717, 1.165) is 43.4 Å². The number of fused-ring (bicyclic) bond motifs is 2. The lowest BCUT2D eigenvalue weighted by atomic mass is 10.0. The summed E-state index contributed by atoms with van der Waals surface area (Å²) < 4.78 is 2.51. The summed E-state index contributed by atoms with van der Waals surface area (Å²) in [5.74, 6) is 0.552. The fourth-order valence-electron chi connectivity index (χ4n) is 4.57. The third-order valence-electron chi connectivity index (χ3n) is 6.43. The zero-order valence-corrected chi connectivity index (χ0v) is 22.2. The van der Waals surface area contributed by atoms with Crippen LogP contribution in [0.4, 0.5) is 0 Å². The van der Waals surface area contributed by atoms with Gasteiger partial charge in [-0.2, -0.15) is 0 Å². The number of H-pyrrole nitrogens is 1. The van der Waals surface area contributed by atoms with E-state index < -0.39 is 0 Å². The Kier molecular flexibility index (Phi) is 6.03. The van der Waals surface area contributed by atoms with E-state index >= 15 is 0 Å². The van der Waals surface area contributed by atoms with Crippen molar-refractivity contribution in [3.63, 3.8) is 0 Å². The van der Waals surface area contributed by atoms with Gasteiger partial charge < -0.3 is 4.98 Å². The number of aromatic nitrogens is 3. The number of hydrogen-bond donors (Lipinski definition) is 1. The van der Waals surface area contributed by atoms with Crippen LogP contribution in [0.1, 0.15) is 17.0 Å². The fourth-order valence-corrected chi connectivity index (χ4v) is 5.06. The van der Waals surface area contributed by atoms with Crippen LogP contribution in [0.2, 0.25) is 5.02 Å². The van der Waals surface area contributed by atoms with E-state index in [-0.39, 0.29) is 5.56 Å². The van der Waals surface area contributed by atoms with Crippen molar-refractivity contribution in [2.75, 3.05) is 0 Å². The predicted molar refractivity (Wildman–Crippen MR) is 157 cm³/mol. The van der Waals surface area contributed by atoms with E-state index in [0.29, 0.717) is 21.7 Å². The lowest BCUT2D eigenvalue weighted by molar-refractivity contribution is 0.943. The van der Waals surface area contributed by atoms with Gasteiger partial charge in [-0.05, 0) is 73.2 Å². The molecule has 0 unspecified atom stereocenters. The minimum atomic E-state index is -0.119. The van der Waals surface area contributed by atoms with Crippen LogP contribution in [0, 0.1) is 6.92 Å². The summed E-state index contributed by atoms with van der Waals surface area (Å²) in [6, 6.07) is 29.4. The molecule has 0 spiro atoms. The summed E-state index contributed by atoms with van der Waals surface area (Å²) in [4.78, 5) is 22.2. The first kappa shape index (κ1) is 23.5. The molecule has 0 fully saturated rings. The molecule has 0 amide bonds. The van der Waals surface area contributed by atoms with Crippen molar-refractivity contribution in [1.29, 1.82) is 0 Å². The molecule has 0 atom stereocenters. The second-order valence-electron chi connectivity index (χ2n) is 8.91. The summed E-state index contributed by atoms with van der Waals surface area (Å²) in [5, 5.41) is 2.32. The Morgan fingerprint density at radius 1 is 0.892 bits per heavy atom. The maximum Gasteiger partial charge on any atom is 0.266 e. The van der Waals surface area contributed by atoms with Gasteiger partial charge in [0.2, 0.25) is 0 Å². The molecule has 0 saturated carbocycles. The second kappa shape index (κ2) is 9.51. The summed E-state index contributed by atoms with van der Waals surface area (Å²) in [7, 11) is 0. The van der Waals surface area contributed by atoms with Crippen LogP contribution >= 0.6 is 27.5 Å². The third kappa shape index (κ3) is 4.41. The van der Waals surface area contributed by atoms with Gasteiger partial charge in [-0.25, -0.2) is 4.98 Å². The van der Waals surface area contributed by atoms with Crippen LogP contribution in [0.5, 0.6) is 0 Å². The van der Waals surface area contributed by atoms with Gasteiger partial charge in [0.1, 0.15) is 5.82 Å². The van der Waals surface area contributed by atoms with E-state index in [9.17, 15) is 4.79 Å². The van der Waals surface area contributed by atoms with Crippen molar-refractivity contribution in [2.24, 2.45) is 0 Å². The number of para-hydroxylation sites is 1. The zero-order valence-electron chi connectivity index (χ0n) is 19.9. The molecular weight excluding hydrogens is 546 g/mol. The Bertz CT molecular complexity index is 1870. The van der Waals surface area contributed by atoms with Crippen molar-refractivity contribution in [3.8, 4) is 16.9 Å². The summed E-state index contributed by atoms with van der Waals surface area (Å²) in [5.41, 5.74) is 6.45. The summed E-state index contributed by atoms with van der Waals surface area (Å²) in [6.07, 6.45) is 3.94. The lowest BCUT2D eigenvalue weighted by Crippen LogP contribution is -2.22. The van der Waals surface area contributed by atoms with E-state index in [2.05, 4.69) is 33.0 Å². The van der Waals surface area contributed by atoms with Gasteiger partial charge in [-0.15, -0.1) is 0 Å². The average Bonchev–Trinajstić information content (AvgIpc) is 3.28. The normalized spacial score (nSPS) is 11.6. The Morgan fingerprint density at radius 3 is 2.43 bits per heavy atom. The van der Waals surface area contributed by atoms with Crippen LogP contribution in [-0.4, -0.2) is 14.5 Å². The van der Waals surface area contributed by atoms with Crippen LogP contribution < -0.4 is 5.56 Å². The van der Waals surface area contributed by atoms with Crippen molar-refractivity contribution >= 4 is 61.5 Å². The molecule has 0 saturated heterocycles. The zero-order chi connectivity index (χ0) is 25.5. The molecule has 6 heteroatoms. The van der Waals surface area contributed by atoms with E-state index in [1.54, 1.807) is 4.57 Å². The van der Waals surface area contributed by atoms with Gasteiger partial charge in [0.05, 0.1) is 22.3 Å². The van der Waals surface area contributed by atoms with Crippen LogP contribution in [-0.2, 0) is 0 Å². The van der Waals surface area contributed by atoms with Gasteiger partial charge >= 0.3 is 0 Å². The van der Waals surface area contributed by atoms with Crippen molar-refractivity contribution in [1.82, 2.24) is 14.5 Å². The number of benzene rings is 4. The SMILES string of the molecule is Cc1ccc(-n2c(/C=C/c3c(-c4ccc(Cl)cc4)[nH]c4ccccc34)nc3ccc(Br)cc3c2=O)cc1. The minimum Gasteiger partial charge on any atom is -0.354 e. The standard InChI is InChI=1S/C31H21BrClN3O/c1-19-6-13-23(14-7-19)36-29(34-28-16-10-21(32)18-26(28)31(36)37)17-15-25-24-4-2-3-5-27(24)35-30(25)20-8-11-22(33)12-9-20/h2-18,35H,1H3/b17-15+. The summed E-state index contributed by atoms with van der Waals surface area (Å²) >= 11 is 9.64. The van der Waals surface area contributed by atoms with E-state index in [1.807, 2.05) is 97.9 Å². The van der Waals surface area contributed by atoms with E-state index in [4.69, 9.17) is 16.6 Å². The smallest absolute Gasteiger partial charge is 0.266 e. The number of nitrogens with one attached hydrogen (secondary N) is 1. The Morgan fingerprint density at radius 2 is 1.65 bits per heavy atom. The monoisotopic (exact) mass is 565 g/mol. The average molecular weight is 567 g/mol. The van der Waals surface area contributed by atoms with Crippen LogP contribution in [0.15, 0.2) is 100 Å². The first-order valence-electron chi connectivity index (χ1n) is 11.8. The van der Waals surface area contributed by atoms with Crippen molar-refractivity contribution in [2.45, 2.75) is 6.92 Å². The largest absolute Gasteiger partial charge is 0.354 e. The molecule has 0 aliphatic rings. The van der Waals surface area contributed by atoms with Gasteiger partial charge in [0.15, 0.2) is 0 Å². The first-order chi connectivity index (χ1) is 18.0. The maximum atomic E-state index is 13.7.